The first-order valence-electron chi connectivity index (χ1n) is 7.83. The third-order valence-electron chi connectivity index (χ3n) is 4.33. The fraction of sp³-hybridized carbons (Fsp3) is 0.562. The molecule has 7 heteroatoms. The van der Waals surface area contributed by atoms with Gasteiger partial charge in [0, 0.05) is 31.3 Å². The molecule has 2 atom stereocenters. The van der Waals surface area contributed by atoms with E-state index in [-0.39, 0.29) is 30.3 Å². The SMILES string of the molecule is Cc1ccc([C@H](C)NC(=O)N2CCC[C@H](CO)C2)cc1[N+](=O)[O-]. The molecule has 1 saturated heterocycles. The molecule has 0 spiro atoms. The van der Waals surface area contributed by atoms with Crippen LogP contribution in [-0.4, -0.2) is 40.7 Å². The Balaban J connectivity index is 2.03. The normalized spacial score (nSPS) is 19.3. The first-order chi connectivity index (χ1) is 10.9. The van der Waals surface area contributed by atoms with E-state index < -0.39 is 4.92 Å². The van der Waals surface area contributed by atoms with Gasteiger partial charge in [-0.05, 0) is 38.2 Å². The summed E-state index contributed by atoms with van der Waals surface area (Å²) in [4.78, 5) is 24.6. The van der Waals surface area contributed by atoms with Gasteiger partial charge in [-0.15, -0.1) is 0 Å². The van der Waals surface area contributed by atoms with Crippen LogP contribution in [0.25, 0.3) is 0 Å². The van der Waals surface area contributed by atoms with Gasteiger partial charge in [-0.3, -0.25) is 10.1 Å². The molecule has 23 heavy (non-hydrogen) atoms. The molecule has 2 amide bonds. The third-order valence-corrected chi connectivity index (χ3v) is 4.33. The lowest BCUT2D eigenvalue weighted by Crippen LogP contribution is -2.46. The summed E-state index contributed by atoms with van der Waals surface area (Å²) in [5.74, 6) is 0.130. The van der Waals surface area contributed by atoms with Crippen molar-refractivity contribution in [1.82, 2.24) is 10.2 Å². The van der Waals surface area contributed by atoms with Crippen molar-refractivity contribution in [3.8, 4) is 0 Å². The van der Waals surface area contributed by atoms with E-state index in [1.807, 2.05) is 0 Å². The number of hydrogen-bond acceptors (Lipinski definition) is 4. The molecule has 2 rings (SSSR count). The van der Waals surface area contributed by atoms with Crippen LogP contribution in [-0.2, 0) is 0 Å². The van der Waals surface area contributed by atoms with Gasteiger partial charge in [-0.1, -0.05) is 12.1 Å². The molecular weight excluding hydrogens is 298 g/mol. The van der Waals surface area contributed by atoms with E-state index in [0.717, 1.165) is 12.8 Å². The van der Waals surface area contributed by atoms with Gasteiger partial charge >= 0.3 is 6.03 Å². The summed E-state index contributed by atoms with van der Waals surface area (Å²) in [5, 5.41) is 23.1. The fourth-order valence-corrected chi connectivity index (χ4v) is 2.85. The Kier molecular flexibility index (Phi) is 5.54. The number of rotatable bonds is 4. The van der Waals surface area contributed by atoms with E-state index in [9.17, 15) is 20.0 Å². The van der Waals surface area contributed by atoms with Gasteiger partial charge in [0.2, 0.25) is 0 Å². The van der Waals surface area contributed by atoms with Gasteiger partial charge in [0.1, 0.15) is 0 Å². The monoisotopic (exact) mass is 321 g/mol. The minimum absolute atomic E-state index is 0.0573. The van der Waals surface area contributed by atoms with Crippen LogP contribution in [0, 0.1) is 23.0 Å². The molecule has 1 aliphatic heterocycles. The summed E-state index contributed by atoms with van der Waals surface area (Å²) in [6, 6.07) is 4.47. The molecular formula is C16H23N3O4. The van der Waals surface area contributed by atoms with Crippen molar-refractivity contribution in [3.63, 3.8) is 0 Å². The number of nitrogens with zero attached hydrogens (tertiary/aromatic N) is 2. The lowest BCUT2D eigenvalue weighted by Gasteiger charge is -2.32. The fourth-order valence-electron chi connectivity index (χ4n) is 2.85. The van der Waals surface area contributed by atoms with Crippen molar-refractivity contribution in [3.05, 3.63) is 39.4 Å². The van der Waals surface area contributed by atoms with Gasteiger partial charge in [0.05, 0.1) is 11.0 Å². The average molecular weight is 321 g/mol. The maximum atomic E-state index is 12.3. The number of likely N-dealkylation sites (tertiary alicyclic amines) is 1. The van der Waals surface area contributed by atoms with Crippen LogP contribution in [0.3, 0.4) is 0 Å². The Morgan fingerprint density at radius 3 is 2.96 bits per heavy atom. The van der Waals surface area contributed by atoms with Crippen LogP contribution in [0.4, 0.5) is 10.5 Å². The van der Waals surface area contributed by atoms with E-state index in [1.165, 1.54) is 6.07 Å². The van der Waals surface area contributed by atoms with Crippen LogP contribution >= 0.6 is 0 Å². The number of aliphatic hydroxyl groups excluding tert-OH is 1. The second-order valence-electron chi connectivity index (χ2n) is 6.11. The predicted octanol–water partition coefficient (Wildman–Crippen LogP) is 2.38. The van der Waals surface area contributed by atoms with Crippen molar-refractivity contribution in [2.24, 2.45) is 5.92 Å². The molecule has 0 bridgehead atoms. The smallest absolute Gasteiger partial charge is 0.317 e. The highest BCUT2D eigenvalue weighted by Gasteiger charge is 2.24. The van der Waals surface area contributed by atoms with Crippen LogP contribution in [0.1, 0.15) is 36.9 Å². The quantitative estimate of drug-likeness (QED) is 0.657. The van der Waals surface area contributed by atoms with Crippen molar-refractivity contribution in [1.29, 1.82) is 0 Å². The minimum Gasteiger partial charge on any atom is -0.396 e. The molecule has 2 N–H and O–H groups in total. The van der Waals surface area contributed by atoms with Crippen molar-refractivity contribution < 1.29 is 14.8 Å². The molecule has 1 aromatic carbocycles. The summed E-state index contributed by atoms with van der Waals surface area (Å²) >= 11 is 0. The Hall–Kier alpha value is -2.15. The number of urea groups is 1. The van der Waals surface area contributed by atoms with Crippen molar-refractivity contribution in [2.75, 3.05) is 19.7 Å². The highest BCUT2D eigenvalue weighted by Crippen LogP contribution is 2.23. The molecule has 1 aromatic rings. The lowest BCUT2D eigenvalue weighted by molar-refractivity contribution is -0.385. The van der Waals surface area contributed by atoms with Crippen LogP contribution < -0.4 is 5.32 Å². The molecule has 0 aliphatic carbocycles. The molecule has 1 heterocycles. The topological polar surface area (TPSA) is 95.7 Å². The first kappa shape index (κ1) is 17.2. The van der Waals surface area contributed by atoms with Crippen LogP contribution in [0.2, 0.25) is 0 Å². The average Bonchev–Trinajstić information content (AvgIpc) is 2.54. The number of carbonyl (C=O) groups excluding carboxylic acids is 1. The Labute approximate surface area is 135 Å². The molecule has 126 valence electrons. The summed E-state index contributed by atoms with van der Waals surface area (Å²) < 4.78 is 0. The van der Waals surface area contributed by atoms with Gasteiger partial charge in [0.25, 0.3) is 5.69 Å². The van der Waals surface area contributed by atoms with Gasteiger partial charge < -0.3 is 15.3 Å². The molecule has 1 fully saturated rings. The van der Waals surface area contributed by atoms with Crippen LogP contribution in [0.15, 0.2) is 18.2 Å². The molecule has 0 unspecified atom stereocenters. The van der Waals surface area contributed by atoms with Crippen LogP contribution in [0.5, 0.6) is 0 Å². The maximum absolute atomic E-state index is 12.3. The molecule has 7 nitrogen and oxygen atoms in total. The standard InChI is InChI=1S/C16H23N3O4/c1-11-5-6-14(8-15(11)19(22)23)12(2)17-16(21)18-7-3-4-13(9-18)10-20/h5-6,8,12-13,20H,3-4,7,9-10H2,1-2H3,(H,17,21)/t12-,13-/m0/s1. The second-order valence-corrected chi connectivity index (χ2v) is 6.11. The number of aryl methyl sites for hydroxylation is 1. The Bertz CT molecular complexity index is 591. The second kappa shape index (κ2) is 7.41. The minimum atomic E-state index is -0.413. The summed E-state index contributed by atoms with van der Waals surface area (Å²) in [6.07, 6.45) is 1.81. The highest BCUT2D eigenvalue weighted by molar-refractivity contribution is 5.74. The first-order valence-corrected chi connectivity index (χ1v) is 7.83. The number of aliphatic hydroxyl groups is 1. The number of amides is 2. The number of hydrogen-bond donors (Lipinski definition) is 2. The Morgan fingerprint density at radius 2 is 2.30 bits per heavy atom. The zero-order chi connectivity index (χ0) is 17.0. The molecule has 0 saturated carbocycles. The van der Waals surface area contributed by atoms with E-state index in [4.69, 9.17) is 0 Å². The van der Waals surface area contributed by atoms with Crippen molar-refractivity contribution >= 4 is 11.7 Å². The van der Waals surface area contributed by atoms with E-state index in [1.54, 1.807) is 30.9 Å². The predicted molar refractivity (Wildman–Crippen MR) is 86.2 cm³/mol. The molecule has 1 aliphatic rings. The zero-order valence-electron chi connectivity index (χ0n) is 13.5. The molecule has 0 radical (unpaired) electrons. The number of nitro groups is 1. The molecule has 0 aromatic heterocycles. The van der Waals surface area contributed by atoms with E-state index in [2.05, 4.69) is 5.32 Å². The number of benzene rings is 1. The summed E-state index contributed by atoms with van der Waals surface area (Å²) in [7, 11) is 0. The van der Waals surface area contributed by atoms with E-state index >= 15 is 0 Å². The van der Waals surface area contributed by atoms with Gasteiger partial charge in [-0.2, -0.15) is 0 Å². The number of nitro benzene ring substituents is 1. The number of carbonyl (C=O) groups is 1. The summed E-state index contributed by atoms with van der Waals surface area (Å²) in [6.45, 7) is 4.80. The van der Waals surface area contributed by atoms with Crippen molar-refractivity contribution in [2.45, 2.75) is 32.7 Å². The van der Waals surface area contributed by atoms with Gasteiger partial charge in [-0.25, -0.2) is 4.79 Å². The largest absolute Gasteiger partial charge is 0.396 e. The number of nitrogens with one attached hydrogen (secondary N) is 1. The maximum Gasteiger partial charge on any atom is 0.317 e. The number of piperidine rings is 1. The lowest BCUT2D eigenvalue weighted by atomic mass is 9.99. The Morgan fingerprint density at radius 1 is 1.57 bits per heavy atom. The van der Waals surface area contributed by atoms with Gasteiger partial charge in [0.15, 0.2) is 0 Å². The van der Waals surface area contributed by atoms with E-state index in [0.29, 0.717) is 24.2 Å². The summed E-state index contributed by atoms with van der Waals surface area (Å²) in [5.41, 5.74) is 1.35. The third kappa shape index (κ3) is 4.19. The highest BCUT2D eigenvalue weighted by atomic mass is 16.6. The zero-order valence-corrected chi connectivity index (χ0v) is 13.5.